The highest BCUT2D eigenvalue weighted by Crippen LogP contribution is 2.05. The molecule has 0 radical (unpaired) electrons. The number of carbonyl (C=O) groups is 1. The molecule has 1 heterocycles. The maximum atomic E-state index is 11.6. The number of nitrogens with zero attached hydrogens (tertiary/aromatic N) is 1. The van der Waals surface area contributed by atoms with E-state index in [1.54, 1.807) is 12.1 Å². The Bertz CT molecular complexity index is 338. The van der Waals surface area contributed by atoms with Gasteiger partial charge in [-0.05, 0) is 12.1 Å². The van der Waals surface area contributed by atoms with E-state index >= 15 is 0 Å². The van der Waals surface area contributed by atoms with Gasteiger partial charge in [0.15, 0.2) is 0 Å². The molecule has 0 aliphatic heterocycles. The van der Waals surface area contributed by atoms with Crippen LogP contribution in [0.4, 0.5) is 0 Å². The topological polar surface area (TPSA) is 54.0 Å². The summed E-state index contributed by atoms with van der Waals surface area (Å²) in [5.41, 5.74) is 0.383. The third kappa shape index (κ3) is 4.59. The summed E-state index contributed by atoms with van der Waals surface area (Å²) in [6.45, 7) is 5.45. The van der Waals surface area contributed by atoms with E-state index in [2.05, 4.69) is 29.5 Å². The van der Waals surface area contributed by atoms with E-state index < -0.39 is 0 Å². The number of carbonyl (C=O) groups excluding carboxylic acids is 1. The number of amides is 1. The lowest BCUT2D eigenvalue weighted by Gasteiger charge is -2.08. The molecule has 0 aromatic carbocycles. The molecular weight excluding hydrogens is 226 g/mol. The zero-order valence-electron chi connectivity index (χ0n) is 9.46. The van der Waals surface area contributed by atoms with Crippen LogP contribution in [0.1, 0.15) is 24.3 Å². The van der Waals surface area contributed by atoms with E-state index in [1.165, 1.54) is 6.20 Å². The second-order valence-corrected chi connectivity index (χ2v) is 4.16. The molecule has 1 amide bonds. The van der Waals surface area contributed by atoms with Crippen molar-refractivity contribution >= 4 is 17.5 Å². The van der Waals surface area contributed by atoms with Crippen LogP contribution in [0.25, 0.3) is 0 Å². The van der Waals surface area contributed by atoms with Gasteiger partial charge in [0, 0.05) is 25.3 Å². The molecular formula is C11H16ClN3O. The Kier molecular flexibility index (Phi) is 5.22. The number of hydrogen-bond donors (Lipinski definition) is 2. The summed E-state index contributed by atoms with van der Waals surface area (Å²) in [5.74, 6) is -0.178. The van der Waals surface area contributed by atoms with Crippen molar-refractivity contribution in [1.82, 2.24) is 15.6 Å². The predicted molar refractivity (Wildman–Crippen MR) is 64.7 cm³/mol. The van der Waals surface area contributed by atoms with Gasteiger partial charge in [-0.1, -0.05) is 25.4 Å². The Balaban J connectivity index is 2.32. The second-order valence-electron chi connectivity index (χ2n) is 3.73. The number of hydrogen-bond acceptors (Lipinski definition) is 3. The SMILES string of the molecule is CC(C)NCCNC(=O)c1ccc(Cl)cn1. The van der Waals surface area contributed by atoms with E-state index in [9.17, 15) is 4.79 Å². The van der Waals surface area contributed by atoms with Crippen molar-refractivity contribution in [3.63, 3.8) is 0 Å². The molecule has 0 saturated carbocycles. The average Bonchev–Trinajstić information content (AvgIpc) is 2.25. The maximum absolute atomic E-state index is 11.6. The van der Waals surface area contributed by atoms with Gasteiger partial charge in [0.25, 0.3) is 5.91 Å². The second kappa shape index (κ2) is 6.45. The van der Waals surface area contributed by atoms with Crippen LogP contribution in [0.3, 0.4) is 0 Å². The van der Waals surface area contributed by atoms with Crippen LogP contribution in [0.2, 0.25) is 5.02 Å². The van der Waals surface area contributed by atoms with E-state index in [4.69, 9.17) is 11.6 Å². The molecule has 1 aromatic heterocycles. The summed E-state index contributed by atoms with van der Waals surface area (Å²) in [6.07, 6.45) is 1.46. The van der Waals surface area contributed by atoms with Crippen molar-refractivity contribution in [1.29, 1.82) is 0 Å². The molecule has 5 heteroatoms. The molecule has 0 spiro atoms. The molecule has 88 valence electrons. The number of rotatable bonds is 5. The summed E-state index contributed by atoms with van der Waals surface area (Å²) in [5, 5.41) is 6.50. The van der Waals surface area contributed by atoms with Crippen molar-refractivity contribution in [2.75, 3.05) is 13.1 Å². The first-order valence-electron chi connectivity index (χ1n) is 5.22. The lowest BCUT2D eigenvalue weighted by molar-refractivity contribution is 0.0948. The molecule has 1 aromatic rings. The standard InChI is InChI=1S/C11H16ClN3O/c1-8(2)13-5-6-14-11(16)10-4-3-9(12)7-15-10/h3-4,7-8,13H,5-6H2,1-2H3,(H,14,16). The highest BCUT2D eigenvalue weighted by Gasteiger charge is 2.05. The summed E-state index contributed by atoms with van der Waals surface area (Å²) in [4.78, 5) is 15.5. The van der Waals surface area contributed by atoms with E-state index in [-0.39, 0.29) is 5.91 Å². The van der Waals surface area contributed by atoms with Crippen LogP contribution in [0.15, 0.2) is 18.3 Å². The highest BCUT2D eigenvalue weighted by molar-refractivity contribution is 6.30. The summed E-state index contributed by atoms with van der Waals surface area (Å²) in [6, 6.07) is 3.68. The Labute approximate surface area is 100 Å². The summed E-state index contributed by atoms with van der Waals surface area (Å²) < 4.78 is 0. The Morgan fingerprint density at radius 1 is 1.44 bits per heavy atom. The number of aromatic nitrogens is 1. The van der Waals surface area contributed by atoms with Gasteiger partial charge in [-0.3, -0.25) is 4.79 Å². The lowest BCUT2D eigenvalue weighted by atomic mass is 10.3. The van der Waals surface area contributed by atoms with Crippen LogP contribution >= 0.6 is 11.6 Å². The van der Waals surface area contributed by atoms with Gasteiger partial charge >= 0.3 is 0 Å². The maximum Gasteiger partial charge on any atom is 0.269 e. The Morgan fingerprint density at radius 3 is 2.75 bits per heavy atom. The van der Waals surface area contributed by atoms with Gasteiger partial charge in [0.1, 0.15) is 5.69 Å². The molecule has 0 bridgehead atoms. The zero-order chi connectivity index (χ0) is 12.0. The molecule has 0 unspecified atom stereocenters. The fourth-order valence-electron chi connectivity index (χ4n) is 1.14. The minimum atomic E-state index is -0.178. The zero-order valence-corrected chi connectivity index (χ0v) is 10.2. The van der Waals surface area contributed by atoms with Crippen molar-refractivity contribution in [3.05, 3.63) is 29.0 Å². The number of nitrogens with one attached hydrogen (secondary N) is 2. The fourth-order valence-corrected chi connectivity index (χ4v) is 1.25. The number of halogens is 1. The van der Waals surface area contributed by atoms with Gasteiger partial charge < -0.3 is 10.6 Å². The average molecular weight is 242 g/mol. The van der Waals surface area contributed by atoms with Crippen molar-refractivity contribution < 1.29 is 4.79 Å². The number of pyridine rings is 1. The monoisotopic (exact) mass is 241 g/mol. The van der Waals surface area contributed by atoms with Crippen LogP contribution in [0.5, 0.6) is 0 Å². The molecule has 2 N–H and O–H groups in total. The minimum Gasteiger partial charge on any atom is -0.349 e. The smallest absolute Gasteiger partial charge is 0.269 e. The molecule has 0 fully saturated rings. The molecule has 0 saturated heterocycles. The van der Waals surface area contributed by atoms with E-state index in [0.717, 1.165) is 6.54 Å². The van der Waals surface area contributed by atoms with Crippen molar-refractivity contribution in [2.24, 2.45) is 0 Å². The summed E-state index contributed by atoms with van der Waals surface area (Å²) in [7, 11) is 0. The summed E-state index contributed by atoms with van der Waals surface area (Å²) >= 11 is 5.67. The molecule has 4 nitrogen and oxygen atoms in total. The molecule has 0 atom stereocenters. The lowest BCUT2D eigenvalue weighted by Crippen LogP contribution is -2.34. The van der Waals surface area contributed by atoms with Crippen molar-refractivity contribution in [2.45, 2.75) is 19.9 Å². The predicted octanol–water partition coefficient (Wildman–Crippen LogP) is 1.46. The Hall–Kier alpha value is -1.13. The first kappa shape index (κ1) is 12.9. The van der Waals surface area contributed by atoms with Gasteiger partial charge in [0.05, 0.1) is 5.02 Å². The quantitative estimate of drug-likeness (QED) is 0.768. The third-order valence-electron chi connectivity index (χ3n) is 1.92. The molecule has 0 aliphatic rings. The fraction of sp³-hybridized carbons (Fsp3) is 0.455. The van der Waals surface area contributed by atoms with E-state index in [1.807, 2.05) is 0 Å². The van der Waals surface area contributed by atoms with E-state index in [0.29, 0.717) is 23.3 Å². The first-order chi connectivity index (χ1) is 7.59. The molecule has 0 aliphatic carbocycles. The Morgan fingerprint density at radius 2 is 2.19 bits per heavy atom. The third-order valence-corrected chi connectivity index (χ3v) is 2.15. The van der Waals surface area contributed by atoms with Gasteiger partial charge in [-0.25, -0.2) is 4.98 Å². The van der Waals surface area contributed by atoms with Crippen LogP contribution < -0.4 is 10.6 Å². The van der Waals surface area contributed by atoms with Crippen LogP contribution in [0, 0.1) is 0 Å². The van der Waals surface area contributed by atoms with Gasteiger partial charge in [0.2, 0.25) is 0 Å². The molecule has 1 rings (SSSR count). The first-order valence-corrected chi connectivity index (χ1v) is 5.60. The minimum absolute atomic E-state index is 0.178. The normalized spacial score (nSPS) is 10.5. The van der Waals surface area contributed by atoms with Crippen molar-refractivity contribution in [3.8, 4) is 0 Å². The van der Waals surface area contributed by atoms with Crippen LogP contribution in [-0.2, 0) is 0 Å². The van der Waals surface area contributed by atoms with Gasteiger partial charge in [-0.2, -0.15) is 0 Å². The van der Waals surface area contributed by atoms with Crippen LogP contribution in [-0.4, -0.2) is 30.0 Å². The highest BCUT2D eigenvalue weighted by atomic mass is 35.5. The largest absolute Gasteiger partial charge is 0.349 e. The van der Waals surface area contributed by atoms with Gasteiger partial charge in [-0.15, -0.1) is 0 Å². The molecule has 16 heavy (non-hydrogen) atoms.